The number of hydrogen-bond donors (Lipinski definition) is 2. The molecule has 0 radical (unpaired) electrons. The Labute approximate surface area is 88.3 Å². The van der Waals surface area contributed by atoms with Gasteiger partial charge in [-0.3, -0.25) is 5.41 Å². The Morgan fingerprint density at radius 2 is 2.29 bits per heavy atom. The number of ether oxygens (including phenoxy) is 1. The fourth-order valence-electron chi connectivity index (χ4n) is 0.999. The third-order valence-corrected chi connectivity index (χ3v) is 1.91. The first kappa shape index (κ1) is 11.0. The summed E-state index contributed by atoms with van der Waals surface area (Å²) in [4.78, 5) is 0. The van der Waals surface area contributed by atoms with Crippen molar-refractivity contribution < 1.29 is 4.74 Å². The molecule has 0 aromatic heterocycles. The van der Waals surface area contributed by atoms with Gasteiger partial charge in [0.1, 0.15) is 0 Å². The maximum absolute atomic E-state index is 6.99. The van der Waals surface area contributed by atoms with Crippen molar-refractivity contribution in [3.05, 3.63) is 34.9 Å². The van der Waals surface area contributed by atoms with Crippen LogP contribution in [0.2, 0.25) is 5.02 Å². The van der Waals surface area contributed by atoms with Crippen molar-refractivity contribution in [3.63, 3.8) is 0 Å². The van der Waals surface area contributed by atoms with Gasteiger partial charge in [0.25, 0.3) is 0 Å². The molecule has 1 aromatic rings. The van der Waals surface area contributed by atoms with Crippen LogP contribution < -0.4 is 5.73 Å². The van der Waals surface area contributed by atoms with Gasteiger partial charge in [0, 0.05) is 11.4 Å². The smallest absolute Gasteiger partial charge is 0.0928 e. The Kier molecular flexibility index (Phi) is 4.43. The van der Waals surface area contributed by atoms with Crippen LogP contribution >= 0.6 is 11.6 Å². The lowest BCUT2D eigenvalue weighted by atomic mass is 10.2. The maximum atomic E-state index is 6.99. The molecule has 0 spiro atoms. The Hall–Kier alpha value is -1.06. The summed E-state index contributed by atoms with van der Waals surface area (Å²) in [6, 6.07) is 7.50. The van der Waals surface area contributed by atoms with Crippen LogP contribution in [0.1, 0.15) is 12.0 Å². The van der Waals surface area contributed by atoms with Crippen LogP contribution in [0, 0.1) is 5.41 Å². The first-order chi connectivity index (χ1) is 6.68. The molecule has 0 amide bonds. The average molecular weight is 213 g/mol. The third kappa shape index (κ3) is 4.25. The molecule has 0 heterocycles. The summed E-state index contributed by atoms with van der Waals surface area (Å²) in [5.41, 5.74) is 6.21. The highest BCUT2D eigenvalue weighted by Crippen LogP contribution is 2.11. The van der Waals surface area contributed by atoms with E-state index in [0.717, 1.165) is 5.56 Å². The zero-order valence-electron chi connectivity index (χ0n) is 7.79. The molecule has 3 nitrogen and oxygen atoms in total. The highest BCUT2D eigenvalue weighted by molar-refractivity contribution is 6.30. The standard InChI is InChI=1S/C10H13ClN2O/c11-9-3-1-2-8(6-9)7-14-5-4-10(12)13/h1-3,6H,4-5,7H2,(H3,12,13). The normalized spacial score (nSPS) is 10.1. The second kappa shape index (κ2) is 5.62. The topological polar surface area (TPSA) is 59.1 Å². The Morgan fingerprint density at radius 3 is 2.93 bits per heavy atom. The van der Waals surface area contributed by atoms with Crippen LogP contribution in [0.25, 0.3) is 0 Å². The maximum Gasteiger partial charge on any atom is 0.0928 e. The van der Waals surface area contributed by atoms with Gasteiger partial charge in [0.15, 0.2) is 0 Å². The number of halogens is 1. The molecule has 4 heteroatoms. The second-order valence-corrected chi connectivity index (χ2v) is 3.39. The first-order valence-electron chi connectivity index (χ1n) is 4.33. The molecule has 0 aliphatic carbocycles. The average Bonchev–Trinajstić information content (AvgIpc) is 2.12. The van der Waals surface area contributed by atoms with Crippen LogP contribution in [0.5, 0.6) is 0 Å². The van der Waals surface area contributed by atoms with Crippen LogP contribution in [0.3, 0.4) is 0 Å². The molecular formula is C10H13ClN2O. The molecule has 14 heavy (non-hydrogen) atoms. The second-order valence-electron chi connectivity index (χ2n) is 2.96. The van der Waals surface area contributed by atoms with E-state index in [-0.39, 0.29) is 5.84 Å². The molecule has 0 saturated heterocycles. The molecular weight excluding hydrogens is 200 g/mol. The van der Waals surface area contributed by atoms with Crippen molar-refractivity contribution >= 4 is 17.4 Å². The summed E-state index contributed by atoms with van der Waals surface area (Å²) < 4.78 is 5.31. The zero-order valence-corrected chi connectivity index (χ0v) is 8.55. The van der Waals surface area contributed by atoms with Gasteiger partial charge in [-0.15, -0.1) is 0 Å². The van der Waals surface area contributed by atoms with Crippen molar-refractivity contribution in [2.75, 3.05) is 6.61 Å². The third-order valence-electron chi connectivity index (χ3n) is 1.67. The molecule has 0 fully saturated rings. The van der Waals surface area contributed by atoms with E-state index < -0.39 is 0 Å². The summed E-state index contributed by atoms with van der Waals surface area (Å²) in [6.45, 7) is 0.982. The van der Waals surface area contributed by atoms with Gasteiger partial charge in [0.05, 0.1) is 19.0 Å². The van der Waals surface area contributed by atoms with Crippen LogP contribution in [0.15, 0.2) is 24.3 Å². The SMILES string of the molecule is N=C(N)CCOCc1cccc(Cl)c1. The van der Waals surface area contributed by atoms with Crippen molar-refractivity contribution in [2.24, 2.45) is 5.73 Å². The molecule has 0 atom stereocenters. The molecule has 0 bridgehead atoms. The summed E-state index contributed by atoms with van der Waals surface area (Å²) in [7, 11) is 0. The Morgan fingerprint density at radius 1 is 1.50 bits per heavy atom. The fraction of sp³-hybridized carbons (Fsp3) is 0.300. The van der Waals surface area contributed by atoms with Crippen LogP contribution in [-0.2, 0) is 11.3 Å². The van der Waals surface area contributed by atoms with Crippen LogP contribution in [0.4, 0.5) is 0 Å². The summed E-state index contributed by atoms with van der Waals surface area (Å²) in [6.07, 6.45) is 0.473. The van der Waals surface area contributed by atoms with Gasteiger partial charge >= 0.3 is 0 Å². The van der Waals surface area contributed by atoms with Crippen molar-refractivity contribution in [1.82, 2.24) is 0 Å². The first-order valence-corrected chi connectivity index (χ1v) is 4.71. The van der Waals surface area contributed by atoms with Gasteiger partial charge in [-0.05, 0) is 17.7 Å². The molecule has 0 unspecified atom stereocenters. The van der Waals surface area contributed by atoms with Gasteiger partial charge < -0.3 is 10.5 Å². The number of benzene rings is 1. The molecule has 76 valence electrons. The molecule has 0 aliphatic rings. The van der Waals surface area contributed by atoms with Crippen molar-refractivity contribution in [2.45, 2.75) is 13.0 Å². The van der Waals surface area contributed by atoms with Crippen molar-refractivity contribution in [3.8, 4) is 0 Å². The number of rotatable bonds is 5. The van der Waals surface area contributed by atoms with Gasteiger partial charge in [-0.1, -0.05) is 23.7 Å². The van der Waals surface area contributed by atoms with E-state index >= 15 is 0 Å². The number of amidine groups is 1. The minimum atomic E-state index is 0.149. The highest BCUT2D eigenvalue weighted by Gasteiger charge is 1.95. The van der Waals surface area contributed by atoms with E-state index in [9.17, 15) is 0 Å². The number of nitrogens with two attached hydrogens (primary N) is 1. The van der Waals surface area contributed by atoms with Gasteiger partial charge in [0.2, 0.25) is 0 Å². The largest absolute Gasteiger partial charge is 0.388 e. The fourth-order valence-corrected chi connectivity index (χ4v) is 1.21. The minimum Gasteiger partial charge on any atom is -0.388 e. The lowest BCUT2D eigenvalue weighted by Gasteiger charge is -2.03. The molecule has 3 N–H and O–H groups in total. The number of hydrogen-bond acceptors (Lipinski definition) is 2. The molecule has 0 saturated carbocycles. The van der Waals surface area contributed by atoms with E-state index in [1.54, 1.807) is 0 Å². The van der Waals surface area contributed by atoms with Gasteiger partial charge in [-0.2, -0.15) is 0 Å². The zero-order chi connectivity index (χ0) is 10.4. The monoisotopic (exact) mass is 212 g/mol. The quantitative estimate of drug-likeness (QED) is 0.447. The molecule has 0 aliphatic heterocycles. The highest BCUT2D eigenvalue weighted by atomic mass is 35.5. The van der Waals surface area contributed by atoms with E-state index in [4.69, 9.17) is 27.5 Å². The van der Waals surface area contributed by atoms with Crippen LogP contribution in [-0.4, -0.2) is 12.4 Å². The van der Waals surface area contributed by atoms with E-state index in [2.05, 4.69) is 0 Å². The Bertz CT molecular complexity index is 315. The van der Waals surface area contributed by atoms with E-state index in [0.29, 0.717) is 24.7 Å². The van der Waals surface area contributed by atoms with E-state index in [1.165, 1.54) is 0 Å². The van der Waals surface area contributed by atoms with E-state index in [1.807, 2.05) is 24.3 Å². The summed E-state index contributed by atoms with van der Waals surface area (Å²) in [5.74, 6) is 0.149. The lowest BCUT2D eigenvalue weighted by Crippen LogP contribution is -2.12. The Balaban J connectivity index is 2.28. The molecule has 1 rings (SSSR count). The lowest BCUT2D eigenvalue weighted by molar-refractivity contribution is 0.127. The number of nitrogens with one attached hydrogen (secondary N) is 1. The van der Waals surface area contributed by atoms with Crippen molar-refractivity contribution in [1.29, 1.82) is 5.41 Å². The predicted molar refractivity (Wildman–Crippen MR) is 57.6 cm³/mol. The summed E-state index contributed by atoms with van der Waals surface area (Å²) in [5, 5.41) is 7.69. The summed E-state index contributed by atoms with van der Waals surface area (Å²) >= 11 is 5.80. The minimum absolute atomic E-state index is 0.149. The van der Waals surface area contributed by atoms with Gasteiger partial charge in [-0.25, -0.2) is 0 Å². The molecule has 1 aromatic carbocycles. The predicted octanol–water partition coefficient (Wildman–Crippen LogP) is 2.18.